The number of aliphatic hydroxyl groups excluding tert-OH is 1. The summed E-state index contributed by atoms with van der Waals surface area (Å²) in [4.78, 5) is 0. The molecule has 1 aliphatic heterocycles. The second-order valence-electron chi connectivity index (χ2n) is 3.44. The monoisotopic (exact) mass is 144 g/mol. The molecule has 2 unspecified atom stereocenters. The van der Waals surface area contributed by atoms with E-state index in [4.69, 9.17) is 4.74 Å². The molecule has 0 aromatic rings. The Morgan fingerprint density at radius 3 is 2.70 bits per heavy atom. The van der Waals surface area contributed by atoms with Crippen molar-refractivity contribution in [2.24, 2.45) is 11.8 Å². The zero-order chi connectivity index (χ0) is 7.56. The first-order valence-corrected chi connectivity index (χ1v) is 4.00. The fraction of sp³-hybridized carbons (Fsp3) is 1.00. The van der Waals surface area contributed by atoms with Crippen LogP contribution in [0.2, 0.25) is 0 Å². The lowest BCUT2D eigenvalue weighted by atomic mass is 9.96. The minimum Gasteiger partial charge on any atom is -0.368 e. The van der Waals surface area contributed by atoms with Gasteiger partial charge in [0.1, 0.15) is 0 Å². The van der Waals surface area contributed by atoms with Gasteiger partial charge in [-0.05, 0) is 18.8 Å². The first kappa shape index (κ1) is 8.02. The van der Waals surface area contributed by atoms with Gasteiger partial charge in [-0.15, -0.1) is 0 Å². The Balaban J connectivity index is 2.26. The average molecular weight is 144 g/mol. The zero-order valence-electron chi connectivity index (χ0n) is 6.71. The molecular weight excluding hydrogens is 128 g/mol. The third-order valence-corrected chi connectivity index (χ3v) is 1.95. The van der Waals surface area contributed by atoms with E-state index in [2.05, 4.69) is 13.8 Å². The average Bonchev–Trinajstić information content (AvgIpc) is 2.15. The highest BCUT2D eigenvalue weighted by Crippen LogP contribution is 2.25. The first-order chi connectivity index (χ1) is 4.70. The highest BCUT2D eigenvalue weighted by Gasteiger charge is 2.26. The molecule has 0 aromatic heterocycles. The second-order valence-corrected chi connectivity index (χ2v) is 3.44. The summed E-state index contributed by atoms with van der Waals surface area (Å²) in [5.41, 5.74) is 0. The molecule has 60 valence electrons. The van der Waals surface area contributed by atoms with Crippen molar-refractivity contribution >= 4 is 0 Å². The highest BCUT2D eigenvalue weighted by atomic mass is 16.6. The topological polar surface area (TPSA) is 29.5 Å². The van der Waals surface area contributed by atoms with Gasteiger partial charge < -0.3 is 9.84 Å². The summed E-state index contributed by atoms with van der Waals surface area (Å²) in [6.07, 6.45) is 1.63. The van der Waals surface area contributed by atoms with Crippen LogP contribution < -0.4 is 0 Å². The van der Waals surface area contributed by atoms with Crippen LogP contribution in [-0.2, 0) is 4.74 Å². The summed E-state index contributed by atoms with van der Waals surface area (Å²) < 4.78 is 5.02. The minimum atomic E-state index is -0.484. The van der Waals surface area contributed by atoms with Gasteiger partial charge in [-0.2, -0.15) is 0 Å². The Bertz CT molecular complexity index is 101. The molecule has 1 heterocycles. The summed E-state index contributed by atoms with van der Waals surface area (Å²) in [5.74, 6) is 1.06. The largest absolute Gasteiger partial charge is 0.368 e. The zero-order valence-corrected chi connectivity index (χ0v) is 6.71. The molecular formula is C8H16O2. The first-order valence-electron chi connectivity index (χ1n) is 4.00. The molecule has 10 heavy (non-hydrogen) atoms. The van der Waals surface area contributed by atoms with E-state index in [1.807, 2.05) is 0 Å². The van der Waals surface area contributed by atoms with Crippen LogP contribution in [0, 0.1) is 11.8 Å². The van der Waals surface area contributed by atoms with Crippen molar-refractivity contribution in [3.05, 3.63) is 0 Å². The molecule has 0 amide bonds. The van der Waals surface area contributed by atoms with E-state index in [1.165, 1.54) is 0 Å². The molecule has 1 fully saturated rings. The number of aliphatic hydroxyl groups is 1. The molecule has 2 nitrogen and oxygen atoms in total. The molecule has 1 N–H and O–H groups in total. The van der Waals surface area contributed by atoms with Crippen molar-refractivity contribution in [3.8, 4) is 0 Å². The van der Waals surface area contributed by atoms with Crippen LogP contribution in [-0.4, -0.2) is 18.0 Å². The van der Waals surface area contributed by atoms with Crippen molar-refractivity contribution < 1.29 is 9.84 Å². The Hall–Kier alpha value is -0.0800. The van der Waals surface area contributed by atoms with Gasteiger partial charge in [0, 0.05) is 5.92 Å². The van der Waals surface area contributed by atoms with Gasteiger partial charge in [-0.3, -0.25) is 0 Å². The van der Waals surface area contributed by atoms with E-state index in [1.54, 1.807) is 0 Å². The molecule has 0 saturated carbocycles. The fourth-order valence-corrected chi connectivity index (χ4v) is 1.46. The van der Waals surface area contributed by atoms with Crippen LogP contribution in [0.15, 0.2) is 0 Å². The maximum atomic E-state index is 9.22. The van der Waals surface area contributed by atoms with Gasteiger partial charge in [0.05, 0.1) is 6.61 Å². The highest BCUT2D eigenvalue weighted by molar-refractivity contribution is 4.69. The maximum Gasteiger partial charge on any atom is 0.157 e. The maximum absolute atomic E-state index is 9.22. The van der Waals surface area contributed by atoms with Crippen LogP contribution >= 0.6 is 0 Å². The summed E-state index contributed by atoms with van der Waals surface area (Å²) in [6.45, 7) is 5.08. The number of hydrogen-bond acceptors (Lipinski definition) is 2. The van der Waals surface area contributed by atoms with E-state index in [0.717, 1.165) is 19.4 Å². The smallest absolute Gasteiger partial charge is 0.157 e. The Morgan fingerprint density at radius 2 is 2.30 bits per heavy atom. The number of ether oxygens (including phenoxy) is 1. The quantitative estimate of drug-likeness (QED) is 0.634. The minimum absolute atomic E-state index is 0.389. The predicted molar refractivity (Wildman–Crippen MR) is 39.5 cm³/mol. The lowest BCUT2D eigenvalue weighted by Crippen LogP contribution is -2.16. The molecule has 0 bridgehead atoms. The van der Waals surface area contributed by atoms with Crippen LogP contribution in [0.1, 0.15) is 26.7 Å². The summed E-state index contributed by atoms with van der Waals surface area (Å²) >= 11 is 0. The molecule has 0 aromatic carbocycles. The van der Waals surface area contributed by atoms with Crippen molar-refractivity contribution in [2.75, 3.05) is 6.61 Å². The third-order valence-electron chi connectivity index (χ3n) is 1.95. The lowest BCUT2D eigenvalue weighted by Gasteiger charge is -2.14. The van der Waals surface area contributed by atoms with Crippen molar-refractivity contribution in [1.82, 2.24) is 0 Å². The van der Waals surface area contributed by atoms with Gasteiger partial charge >= 0.3 is 0 Å². The third kappa shape index (κ3) is 1.96. The van der Waals surface area contributed by atoms with Crippen molar-refractivity contribution in [2.45, 2.75) is 33.0 Å². The van der Waals surface area contributed by atoms with Gasteiger partial charge in [-0.1, -0.05) is 13.8 Å². The summed E-state index contributed by atoms with van der Waals surface area (Å²) in [6, 6.07) is 0. The molecule has 1 saturated heterocycles. The number of rotatable bonds is 2. The lowest BCUT2D eigenvalue weighted by molar-refractivity contribution is -0.0851. The van der Waals surface area contributed by atoms with Crippen LogP contribution in [0.5, 0.6) is 0 Å². The number of hydrogen-bond donors (Lipinski definition) is 1. The van der Waals surface area contributed by atoms with Crippen LogP contribution in [0.3, 0.4) is 0 Å². The molecule has 0 radical (unpaired) electrons. The van der Waals surface area contributed by atoms with E-state index in [0.29, 0.717) is 11.8 Å². The van der Waals surface area contributed by atoms with E-state index >= 15 is 0 Å². The normalized spacial score (nSPS) is 33.6. The Labute approximate surface area is 62.2 Å². The Morgan fingerprint density at radius 1 is 1.60 bits per heavy atom. The van der Waals surface area contributed by atoms with Gasteiger partial charge in [0.15, 0.2) is 6.29 Å². The molecule has 1 aliphatic rings. The standard InChI is InChI=1S/C8H16O2/c1-6(2)5-7-3-4-10-8(7)9/h6-9H,3-5H2,1-2H3. The SMILES string of the molecule is CC(C)CC1CCOC1O. The fourth-order valence-electron chi connectivity index (χ4n) is 1.46. The molecule has 2 heteroatoms. The summed E-state index contributed by atoms with van der Waals surface area (Å²) in [7, 11) is 0. The van der Waals surface area contributed by atoms with E-state index in [9.17, 15) is 5.11 Å². The molecule has 1 rings (SSSR count). The Kier molecular flexibility index (Phi) is 2.69. The van der Waals surface area contributed by atoms with Crippen molar-refractivity contribution in [3.63, 3.8) is 0 Å². The van der Waals surface area contributed by atoms with Gasteiger partial charge in [0.25, 0.3) is 0 Å². The summed E-state index contributed by atoms with van der Waals surface area (Å²) in [5, 5.41) is 9.22. The van der Waals surface area contributed by atoms with Crippen LogP contribution in [0.25, 0.3) is 0 Å². The molecule has 0 spiro atoms. The second kappa shape index (κ2) is 3.35. The van der Waals surface area contributed by atoms with E-state index in [-0.39, 0.29) is 0 Å². The van der Waals surface area contributed by atoms with Gasteiger partial charge in [-0.25, -0.2) is 0 Å². The van der Waals surface area contributed by atoms with Crippen LogP contribution in [0.4, 0.5) is 0 Å². The predicted octanol–water partition coefficient (Wildman–Crippen LogP) is 1.39. The van der Waals surface area contributed by atoms with E-state index < -0.39 is 6.29 Å². The molecule has 2 atom stereocenters. The van der Waals surface area contributed by atoms with Gasteiger partial charge in [0.2, 0.25) is 0 Å². The molecule has 0 aliphatic carbocycles. The van der Waals surface area contributed by atoms with Crippen molar-refractivity contribution in [1.29, 1.82) is 0 Å².